The number of hydrogen-bond donors (Lipinski definition) is 1. The Morgan fingerprint density at radius 1 is 1.18 bits per heavy atom. The molecule has 0 aliphatic rings. The maximum atomic E-state index is 12.6. The second-order valence-corrected chi connectivity index (χ2v) is 6.40. The number of para-hydroxylation sites is 1. The molecule has 0 bridgehead atoms. The highest BCUT2D eigenvalue weighted by Gasteiger charge is 2.15. The standard InChI is InChI=1S/C20H21FN6O/c1-2-3-9-27-13-23-17-18(27)25-20(26-19(17)28-10-8-21)24-15-11-14-6-4-5-7-16(14)22-12-15/h4-7,11-13H,2-3,8-10H2,1H3,(H,24,25,26). The van der Waals surface area contributed by atoms with Crippen LogP contribution in [0.5, 0.6) is 5.88 Å². The Kier molecular flexibility index (Phi) is 5.27. The van der Waals surface area contributed by atoms with E-state index in [0.29, 0.717) is 17.1 Å². The maximum absolute atomic E-state index is 12.6. The summed E-state index contributed by atoms with van der Waals surface area (Å²) >= 11 is 0. The van der Waals surface area contributed by atoms with Crippen LogP contribution in [0.3, 0.4) is 0 Å². The molecule has 0 fully saturated rings. The van der Waals surface area contributed by atoms with Crippen LogP contribution in [0.2, 0.25) is 0 Å². The number of fused-ring (bicyclic) bond motifs is 2. The molecule has 0 radical (unpaired) electrons. The van der Waals surface area contributed by atoms with Gasteiger partial charge in [-0.2, -0.15) is 9.97 Å². The summed E-state index contributed by atoms with van der Waals surface area (Å²) in [5.41, 5.74) is 2.86. The quantitative estimate of drug-likeness (QED) is 0.492. The summed E-state index contributed by atoms with van der Waals surface area (Å²) in [6.07, 6.45) is 5.52. The Hall–Kier alpha value is -3.29. The second kappa shape index (κ2) is 8.16. The number of anilines is 2. The number of pyridine rings is 1. The molecule has 4 rings (SSSR count). The van der Waals surface area contributed by atoms with E-state index in [1.165, 1.54) is 0 Å². The monoisotopic (exact) mass is 380 g/mol. The van der Waals surface area contributed by atoms with E-state index in [-0.39, 0.29) is 12.5 Å². The van der Waals surface area contributed by atoms with Crippen molar-refractivity contribution in [2.45, 2.75) is 26.3 Å². The molecule has 1 aromatic carbocycles. The lowest BCUT2D eigenvalue weighted by atomic mass is 10.2. The fraction of sp³-hybridized carbons (Fsp3) is 0.300. The summed E-state index contributed by atoms with van der Waals surface area (Å²) in [6.45, 7) is 2.25. The molecule has 0 aliphatic carbocycles. The minimum atomic E-state index is -0.598. The highest BCUT2D eigenvalue weighted by molar-refractivity contribution is 5.83. The van der Waals surface area contributed by atoms with Gasteiger partial charge >= 0.3 is 0 Å². The van der Waals surface area contributed by atoms with Gasteiger partial charge in [0.05, 0.1) is 23.7 Å². The molecule has 0 atom stereocenters. The van der Waals surface area contributed by atoms with Gasteiger partial charge in [0.1, 0.15) is 13.3 Å². The number of nitrogens with one attached hydrogen (secondary N) is 1. The molecule has 3 aromatic heterocycles. The van der Waals surface area contributed by atoms with Crippen LogP contribution in [-0.2, 0) is 6.54 Å². The molecule has 1 N–H and O–H groups in total. The Labute approximate surface area is 161 Å². The van der Waals surface area contributed by atoms with Crippen molar-refractivity contribution in [2.75, 3.05) is 18.6 Å². The van der Waals surface area contributed by atoms with Crippen LogP contribution in [0.1, 0.15) is 19.8 Å². The number of hydrogen-bond acceptors (Lipinski definition) is 6. The van der Waals surface area contributed by atoms with Crippen LogP contribution < -0.4 is 10.1 Å². The van der Waals surface area contributed by atoms with Gasteiger partial charge < -0.3 is 14.6 Å². The van der Waals surface area contributed by atoms with Gasteiger partial charge in [-0.15, -0.1) is 0 Å². The van der Waals surface area contributed by atoms with E-state index >= 15 is 0 Å². The minimum Gasteiger partial charge on any atom is -0.473 e. The molecule has 3 heterocycles. The molecule has 28 heavy (non-hydrogen) atoms. The van der Waals surface area contributed by atoms with Crippen molar-refractivity contribution in [1.82, 2.24) is 24.5 Å². The first-order valence-corrected chi connectivity index (χ1v) is 9.32. The lowest BCUT2D eigenvalue weighted by molar-refractivity contribution is 0.267. The molecule has 8 heteroatoms. The van der Waals surface area contributed by atoms with E-state index in [2.05, 4.69) is 32.2 Å². The largest absolute Gasteiger partial charge is 0.473 e. The van der Waals surface area contributed by atoms with E-state index in [1.807, 2.05) is 34.9 Å². The third-order valence-electron chi connectivity index (χ3n) is 4.35. The summed E-state index contributed by atoms with van der Waals surface area (Å²) in [5, 5.41) is 4.19. The molecule has 4 aromatic rings. The highest BCUT2D eigenvalue weighted by Crippen LogP contribution is 2.25. The average molecular weight is 380 g/mol. The minimum absolute atomic E-state index is 0.0785. The molecule has 0 amide bonds. The first-order chi connectivity index (χ1) is 13.8. The zero-order chi connectivity index (χ0) is 19.3. The number of benzene rings is 1. The molecule has 0 unspecified atom stereocenters. The van der Waals surface area contributed by atoms with Crippen LogP contribution in [-0.4, -0.2) is 37.8 Å². The normalized spacial score (nSPS) is 11.2. The van der Waals surface area contributed by atoms with Crippen LogP contribution in [0.25, 0.3) is 22.1 Å². The van der Waals surface area contributed by atoms with Crippen molar-refractivity contribution in [3.05, 3.63) is 42.9 Å². The second-order valence-electron chi connectivity index (χ2n) is 6.40. The molecular formula is C20H21FN6O. The lowest BCUT2D eigenvalue weighted by Crippen LogP contribution is -2.06. The maximum Gasteiger partial charge on any atom is 0.247 e. The predicted molar refractivity (Wildman–Crippen MR) is 107 cm³/mol. The number of alkyl halides is 1. The van der Waals surface area contributed by atoms with E-state index in [0.717, 1.165) is 36.0 Å². The van der Waals surface area contributed by atoms with Crippen LogP contribution in [0, 0.1) is 0 Å². The van der Waals surface area contributed by atoms with Crippen LogP contribution >= 0.6 is 0 Å². The van der Waals surface area contributed by atoms with Gasteiger partial charge in [0, 0.05) is 11.9 Å². The smallest absolute Gasteiger partial charge is 0.247 e. The zero-order valence-corrected chi connectivity index (χ0v) is 15.6. The Morgan fingerprint density at radius 3 is 2.93 bits per heavy atom. The van der Waals surface area contributed by atoms with E-state index < -0.39 is 6.67 Å². The van der Waals surface area contributed by atoms with Crippen LogP contribution in [0.4, 0.5) is 16.0 Å². The van der Waals surface area contributed by atoms with Crippen molar-refractivity contribution in [1.29, 1.82) is 0 Å². The van der Waals surface area contributed by atoms with Gasteiger partial charge in [0.15, 0.2) is 11.2 Å². The van der Waals surface area contributed by atoms with Crippen molar-refractivity contribution in [2.24, 2.45) is 0 Å². The fourth-order valence-electron chi connectivity index (χ4n) is 2.97. The van der Waals surface area contributed by atoms with Gasteiger partial charge in [0.25, 0.3) is 0 Å². The summed E-state index contributed by atoms with van der Waals surface area (Å²) in [7, 11) is 0. The van der Waals surface area contributed by atoms with Crippen molar-refractivity contribution in [3.8, 4) is 5.88 Å². The number of ether oxygens (including phenoxy) is 1. The van der Waals surface area contributed by atoms with Crippen molar-refractivity contribution < 1.29 is 9.13 Å². The Bertz CT molecular complexity index is 1100. The number of imidazole rings is 1. The third kappa shape index (κ3) is 3.71. The predicted octanol–water partition coefficient (Wildman–Crippen LogP) is 4.27. The van der Waals surface area contributed by atoms with Gasteiger partial charge in [-0.25, -0.2) is 9.37 Å². The number of aromatic nitrogens is 5. The number of rotatable bonds is 8. The Balaban J connectivity index is 1.71. The average Bonchev–Trinajstić information content (AvgIpc) is 3.13. The number of unbranched alkanes of at least 4 members (excludes halogenated alkanes) is 1. The SMILES string of the molecule is CCCCn1cnc2c(OCCF)nc(Nc3cnc4ccccc4c3)nc21. The zero-order valence-electron chi connectivity index (χ0n) is 15.6. The first kappa shape index (κ1) is 18.1. The highest BCUT2D eigenvalue weighted by atomic mass is 19.1. The van der Waals surface area contributed by atoms with Gasteiger partial charge in [-0.05, 0) is 18.6 Å². The summed E-state index contributed by atoms with van der Waals surface area (Å²) in [6, 6.07) is 9.84. The Morgan fingerprint density at radius 2 is 2.07 bits per heavy atom. The summed E-state index contributed by atoms with van der Waals surface area (Å²) in [4.78, 5) is 17.8. The molecule has 0 saturated heterocycles. The van der Waals surface area contributed by atoms with E-state index in [1.54, 1.807) is 12.5 Å². The first-order valence-electron chi connectivity index (χ1n) is 9.32. The summed E-state index contributed by atoms with van der Waals surface area (Å²) in [5.74, 6) is 0.630. The number of nitrogens with zero attached hydrogens (tertiary/aromatic N) is 5. The number of halogens is 1. The van der Waals surface area contributed by atoms with Gasteiger partial charge in [-0.1, -0.05) is 31.5 Å². The molecule has 0 saturated carbocycles. The molecule has 7 nitrogen and oxygen atoms in total. The molecule has 144 valence electrons. The fourth-order valence-corrected chi connectivity index (χ4v) is 2.97. The topological polar surface area (TPSA) is 77.8 Å². The third-order valence-corrected chi connectivity index (χ3v) is 4.35. The van der Waals surface area contributed by atoms with E-state index in [4.69, 9.17) is 4.74 Å². The molecular weight excluding hydrogens is 359 g/mol. The van der Waals surface area contributed by atoms with Gasteiger partial charge in [0.2, 0.25) is 11.8 Å². The lowest BCUT2D eigenvalue weighted by Gasteiger charge is -2.10. The summed E-state index contributed by atoms with van der Waals surface area (Å²) < 4.78 is 20.1. The van der Waals surface area contributed by atoms with E-state index in [9.17, 15) is 4.39 Å². The van der Waals surface area contributed by atoms with Crippen molar-refractivity contribution in [3.63, 3.8) is 0 Å². The van der Waals surface area contributed by atoms with Crippen molar-refractivity contribution >= 4 is 33.7 Å². The number of aryl methyl sites for hydroxylation is 1. The molecule has 0 spiro atoms. The molecule has 0 aliphatic heterocycles. The van der Waals surface area contributed by atoms with Gasteiger partial charge in [-0.3, -0.25) is 4.98 Å². The van der Waals surface area contributed by atoms with Crippen LogP contribution in [0.15, 0.2) is 42.9 Å².